The highest BCUT2D eigenvalue weighted by Crippen LogP contribution is 2.19. The molecular formula is C15H16N6O2. The second-order valence-electron chi connectivity index (χ2n) is 5.37. The van der Waals surface area contributed by atoms with E-state index in [0.717, 1.165) is 30.2 Å². The molecule has 0 unspecified atom stereocenters. The fourth-order valence-electron chi connectivity index (χ4n) is 2.72. The molecule has 0 atom stereocenters. The zero-order valence-corrected chi connectivity index (χ0v) is 12.5. The van der Waals surface area contributed by atoms with Crippen molar-refractivity contribution >= 4 is 17.2 Å². The number of morpholine rings is 1. The average Bonchev–Trinajstić information content (AvgIpc) is 3.26. The molecule has 4 rings (SSSR count). The summed E-state index contributed by atoms with van der Waals surface area (Å²) >= 11 is 0. The number of ether oxygens (including phenoxy) is 1. The number of rotatable bonds is 4. The van der Waals surface area contributed by atoms with Gasteiger partial charge in [0.05, 0.1) is 44.0 Å². The van der Waals surface area contributed by atoms with Gasteiger partial charge in [0.25, 0.3) is 0 Å². The lowest BCUT2D eigenvalue weighted by Gasteiger charge is -2.29. The second-order valence-corrected chi connectivity index (χ2v) is 5.37. The van der Waals surface area contributed by atoms with Crippen LogP contribution in [0.5, 0.6) is 0 Å². The SMILES string of the molecule is O=C(Cc1cc(N2CCOCC2)n2nccc2n1)c1cnc[nH]1. The van der Waals surface area contributed by atoms with Crippen molar-refractivity contribution in [2.24, 2.45) is 0 Å². The summed E-state index contributed by atoms with van der Waals surface area (Å²) in [6, 6.07) is 3.77. The molecular weight excluding hydrogens is 296 g/mol. The maximum Gasteiger partial charge on any atom is 0.186 e. The lowest BCUT2D eigenvalue weighted by atomic mass is 10.1. The van der Waals surface area contributed by atoms with E-state index in [4.69, 9.17) is 4.74 Å². The molecule has 1 N–H and O–H groups in total. The van der Waals surface area contributed by atoms with Crippen LogP contribution in [0.2, 0.25) is 0 Å². The molecule has 0 radical (unpaired) electrons. The highest BCUT2D eigenvalue weighted by molar-refractivity contribution is 5.95. The summed E-state index contributed by atoms with van der Waals surface area (Å²) in [4.78, 5) is 25.7. The Morgan fingerprint density at radius 3 is 3.00 bits per heavy atom. The van der Waals surface area contributed by atoms with Gasteiger partial charge in [-0.25, -0.2) is 9.97 Å². The highest BCUT2D eigenvalue weighted by atomic mass is 16.5. The fraction of sp³-hybridized carbons (Fsp3) is 0.333. The Morgan fingerprint density at radius 1 is 1.35 bits per heavy atom. The third kappa shape index (κ3) is 2.68. The fourth-order valence-corrected chi connectivity index (χ4v) is 2.72. The first kappa shape index (κ1) is 13.9. The number of nitrogens with one attached hydrogen (secondary N) is 1. The van der Waals surface area contributed by atoms with Crippen LogP contribution in [0.4, 0.5) is 5.82 Å². The Labute approximate surface area is 132 Å². The molecule has 3 aromatic heterocycles. The Morgan fingerprint density at radius 2 is 2.22 bits per heavy atom. The number of ketones is 1. The van der Waals surface area contributed by atoms with Crippen molar-refractivity contribution in [1.29, 1.82) is 0 Å². The summed E-state index contributed by atoms with van der Waals surface area (Å²) in [7, 11) is 0. The summed E-state index contributed by atoms with van der Waals surface area (Å²) in [6.07, 6.45) is 4.97. The number of H-pyrrole nitrogens is 1. The topological polar surface area (TPSA) is 88.4 Å². The minimum Gasteiger partial charge on any atom is -0.378 e. The van der Waals surface area contributed by atoms with E-state index in [1.807, 2.05) is 12.1 Å². The van der Waals surface area contributed by atoms with E-state index < -0.39 is 0 Å². The number of carbonyl (C=O) groups is 1. The number of fused-ring (bicyclic) bond motifs is 1. The zero-order valence-electron chi connectivity index (χ0n) is 12.5. The third-order valence-corrected chi connectivity index (χ3v) is 3.87. The van der Waals surface area contributed by atoms with Crippen molar-refractivity contribution in [3.05, 3.63) is 42.2 Å². The number of hydrogen-bond acceptors (Lipinski definition) is 6. The maximum absolute atomic E-state index is 12.3. The molecule has 0 amide bonds. The van der Waals surface area contributed by atoms with E-state index in [0.29, 0.717) is 18.9 Å². The van der Waals surface area contributed by atoms with Crippen LogP contribution in [0.3, 0.4) is 0 Å². The number of anilines is 1. The molecule has 1 saturated heterocycles. The zero-order chi connectivity index (χ0) is 15.6. The molecule has 1 aliphatic rings. The summed E-state index contributed by atoms with van der Waals surface area (Å²) in [5.41, 5.74) is 1.95. The number of nitrogens with zero attached hydrogens (tertiary/aromatic N) is 5. The molecule has 3 aromatic rings. The van der Waals surface area contributed by atoms with Gasteiger partial charge in [-0.1, -0.05) is 0 Å². The molecule has 0 spiro atoms. The molecule has 0 aliphatic carbocycles. The van der Waals surface area contributed by atoms with Gasteiger partial charge < -0.3 is 14.6 Å². The van der Waals surface area contributed by atoms with Crippen molar-refractivity contribution in [3.8, 4) is 0 Å². The Balaban J connectivity index is 1.68. The van der Waals surface area contributed by atoms with E-state index >= 15 is 0 Å². The lowest BCUT2D eigenvalue weighted by molar-refractivity contribution is 0.0987. The second kappa shape index (κ2) is 5.81. The normalized spacial score (nSPS) is 15.2. The molecule has 0 aromatic carbocycles. The van der Waals surface area contributed by atoms with Crippen LogP contribution in [0.1, 0.15) is 16.2 Å². The van der Waals surface area contributed by atoms with E-state index in [9.17, 15) is 4.79 Å². The largest absolute Gasteiger partial charge is 0.378 e. The molecule has 0 bridgehead atoms. The number of aromatic amines is 1. The minimum absolute atomic E-state index is 0.0354. The number of imidazole rings is 1. The molecule has 1 fully saturated rings. The van der Waals surface area contributed by atoms with Gasteiger partial charge in [0.15, 0.2) is 11.4 Å². The van der Waals surface area contributed by atoms with Gasteiger partial charge in [-0.05, 0) is 0 Å². The molecule has 0 saturated carbocycles. The molecule has 23 heavy (non-hydrogen) atoms. The summed E-state index contributed by atoms with van der Waals surface area (Å²) in [6.45, 7) is 2.97. The van der Waals surface area contributed by atoms with Crippen molar-refractivity contribution < 1.29 is 9.53 Å². The lowest BCUT2D eigenvalue weighted by Crippen LogP contribution is -2.37. The van der Waals surface area contributed by atoms with Gasteiger partial charge in [0.1, 0.15) is 11.5 Å². The third-order valence-electron chi connectivity index (χ3n) is 3.87. The number of Topliss-reactive ketones (excluding diaryl/α,β-unsaturated/α-hetero) is 1. The monoisotopic (exact) mass is 312 g/mol. The first-order valence-electron chi connectivity index (χ1n) is 7.49. The number of hydrogen-bond donors (Lipinski definition) is 1. The van der Waals surface area contributed by atoms with Crippen LogP contribution in [-0.4, -0.2) is 56.7 Å². The van der Waals surface area contributed by atoms with Crippen LogP contribution in [0.15, 0.2) is 30.9 Å². The Kier molecular flexibility index (Phi) is 3.51. The highest BCUT2D eigenvalue weighted by Gasteiger charge is 2.18. The summed E-state index contributed by atoms with van der Waals surface area (Å²) in [5, 5.41) is 4.33. The minimum atomic E-state index is -0.0354. The van der Waals surface area contributed by atoms with Crippen molar-refractivity contribution in [2.45, 2.75) is 6.42 Å². The molecule has 1 aliphatic heterocycles. The van der Waals surface area contributed by atoms with Crippen LogP contribution in [0, 0.1) is 0 Å². The first-order chi connectivity index (χ1) is 11.3. The van der Waals surface area contributed by atoms with Crippen LogP contribution < -0.4 is 4.90 Å². The van der Waals surface area contributed by atoms with Gasteiger partial charge in [-0.2, -0.15) is 9.61 Å². The smallest absolute Gasteiger partial charge is 0.186 e. The molecule has 4 heterocycles. The Hall–Kier alpha value is -2.74. The van der Waals surface area contributed by atoms with E-state index in [1.54, 1.807) is 10.7 Å². The van der Waals surface area contributed by atoms with Gasteiger partial charge in [-0.3, -0.25) is 4.79 Å². The first-order valence-corrected chi connectivity index (χ1v) is 7.49. The van der Waals surface area contributed by atoms with Gasteiger partial charge in [0.2, 0.25) is 0 Å². The van der Waals surface area contributed by atoms with E-state index in [-0.39, 0.29) is 12.2 Å². The van der Waals surface area contributed by atoms with E-state index in [2.05, 4.69) is 25.0 Å². The average molecular weight is 312 g/mol. The molecule has 8 nitrogen and oxygen atoms in total. The van der Waals surface area contributed by atoms with Crippen LogP contribution >= 0.6 is 0 Å². The van der Waals surface area contributed by atoms with Crippen LogP contribution in [0.25, 0.3) is 5.65 Å². The van der Waals surface area contributed by atoms with Gasteiger partial charge in [-0.15, -0.1) is 0 Å². The maximum atomic E-state index is 12.3. The Bertz CT molecular complexity index is 820. The molecule has 8 heteroatoms. The summed E-state index contributed by atoms with van der Waals surface area (Å²) < 4.78 is 7.21. The number of aromatic nitrogens is 5. The van der Waals surface area contributed by atoms with Crippen molar-refractivity contribution in [2.75, 3.05) is 31.2 Å². The van der Waals surface area contributed by atoms with E-state index in [1.165, 1.54) is 12.5 Å². The quantitative estimate of drug-likeness (QED) is 0.714. The molecule has 118 valence electrons. The number of carbonyl (C=O) groups excluding carboxylic acids is 1. The van der Waals surface area contributed by atoms with Gasteiger partial charge in [0, 0.05) is 25.2 Å². The standard InChI is InChI=1S/C15H16N6O2/c22-13(12-9-16-10-17-12)7-11-8-15(20-3-5-23-6-4-20)21-14(19-11)1-2-18-21/h1-2,8-10H,3-7H2,(H,16,17). The van der Waals surface area contributed by atoms with Crippen molar-refractivity contribution in [1.82, 2.24) is 24.6 Å². The van der Waals surface area contributed by atoms with Gasteiger partial charge >= 0.3 is 0 Å². The predicted molar refractivity (Wildman–Crippen MR) is 82.6 cm³/mol. The van der Waals surface area contributed by atoms with Crippen LogP contribution in [-0.2, 0) is 11.2 Å². The van der Waals surface area contributed by atoms with Crippen molar-refractivity contribution in [3.63, 3.8) is 0 Å². The predicted octanol–water partition coefficient (Wildman–Crippen LogP) is 0.714. The summed E-state index contributed by atoms with van der Waals surface area (Å²) in [5.74, 6) is 0.905.